The molecule has 2 rings (SSSR count). The van der Waals surface area contributed by atoms with E-state index in [9.17, 15) is 0 Å². The monoisotopic (exact) mass is 408 g/mol. The molecule has 1 aliphatic rings. The van der Waals surface area contributed by atoms with E-state index < -0.39 is 0 Å². The molecule has 0 aromatic carbocycles. The van der Waals surface area contributed by atoms with Crippen molar-refractivity contribution in [2.45, 2.75) is 58.0 Å². The van der Waals surface area contributed by atoms with Crippen LogP contribution in [0.5, 0.6) is 0 Å². The van der Waals surface area contributed by atoms with Crippen LogP contribution < -0.4 is 0 Å². The van der Waals surface area contributed by atoms with Crippen LogP contribution in [-0.2, 0) is 11.3 Å². The summed E-state index contributed by atoms with van der Waals surface area (Å²) in [5, 5.41) is 0.568. The van der Waals surface area contributed by atoms with Gasteiger partial charge in [0.15, 0.2) is 0 Å². The van der Waals surface area contributed by atoms with Crippen LogP contribution in [0.1, 0.15) is 62.9 Å². The van der Waals surface area contributed by atoms with Gasteiger partial charge in [-0.3, -0.25) is 0 Å². The van der Waals surface area contributed by atoms with Crippen molar-refractivity contribution in [3.8, 4) is 0 Å². The predicted octanol–water partition coefficient (Wildman–Crippen LogP) is 4.95. The maximum absolute atomic E-state index is 6.24. The summed E-state index contributed by atoms with van der Waals surface area (Å²) in [7, 11) is 1.68. The highest BCUT2D eigenvalue weighted by molar-refractivity contribution is 14.1. The van der Waals surface area contributed by atoms with Crippen LogP contribution in [0.3, 0.4) is 0 Å². The second-order valence-corrected chi connectivity index (χ2v) is 7.01. The van der Waals surface area contributed by atoms with E-state index in [1.165, 1.54) is 38.5 Å². The standard InChI is InChI=1S/C15H22ClIN2O/c1-3-4-10-5-7-11(8-6-10)15-18-12(9-20-2)13(17)14(16)19-15/h10-11H,3-9H2,1-2H3. The van der Waals surface area contributed by atoms with Crippen molar-refractivity contribution >= 4 is 34.2 Å². The number of methoxy groups -OCH3 is 1. The van der Waals surface area contributed by atoms with Gasteiger partial charge in [-0.15, -0.1) is 0 Å². The van der Waals surface area contributed by atoms with E-state index >= 15 is 0 Å². The maximum atomic E-state index is 6.24. The van der Waals surface area contributed by atoms with E-state index in [4.69, 9.17) is 16.3 Å². The molecule has 20 heavy (non-hydrogen) atoms. The summed E-state index contributed by atoms with van der Waals surface area (Å²) in [5.41, 5.74) is 0.916. The van der Waals surface area contributed by atoms with Crippen LogP contribution in [0.15, 0.2) is 0 Å². The zero-order valence-electron chi connectivity index (χ0n) is 12.2. The first-order chi connectivity index (χ1) is 9.65. The molecule has 0 amide bonds. The topological polar surface area (TPSA) is 35.0 Å². The van der Waals surface area contributed by atoms with Crippen molar-refractivity contribution in [1.82, 2.24) is 9.97 Å². The Balaban J connectivity index is 2.09. The minimum absolute atomic E-state index is 0.466. The number of hydrogen-bond donors (Lipinski definition) is 0. The molecule has 0 unspecified atom stereocenters. The Hall–Kier alpha value is 0.0600. The van der Waals surface area contributed by atoms with Gasteiger partial charge in [0.25, 0.3) is 0 Å². The van der Waals surface area contributed by atoms with E-state index in [1.807, 2.05) is 0 Å². The molecule has 1 heterocycles. The number of halogens is 2. The molecule has 0 radical (unpaired) electrons. The van der Waals surface area contributed by atoms with Gasteiger partial charge in [0, 0.05) is 13.0 Å². The van der Waals surface area contributed by atoms with Gasteiger partial charge in [-0.25, -0.2) is 9.97 Å². The number of nitrogens with zero attached hydrogens (tertiary/aromatic N) is 2. The molecule has 112 valence electrons. The first-order valence-corrected chi connectivity index (χ1v) is 8.82. The van der Waals surface area contributed by atoms with E-state index in [-0.39, 0.29) is 0 Å². The fraction of sp³-hybridized carbons (Fsp3) is 0.733. The van der Waals surface area contributed by atoms with Crippen LogP contribution in [0, 0.1) is 9.49 Å². The summed E-state index contributed by atoms with van der Waals surface area (Å²) in [5.74, 6) is 2.28. The van der Waals surface area contributed by atoms with Gasteiger partial charge < -0.3 is 4.74 Å². The molecule has 3 nitrogen and oxygen atoms in total. The van der Waals surface area contributed by atoms with Crippen LogP contribution in [-0.4, -0.2) is 17.1 Å². The lowest BCUT2D eigenvalue weighted by atomic mass is 9.80. The summed E-state index contributed by atoms with van der Waals surface area (Å²) in [4.78, 5) is 9.19. The molecule has 0 N–H and O–H groups in total. The third kappa shape index (κ3) is 4.04. The maximum Gasteiger partial charge on any atom is 0.146 e. The Bertz CT molecular complexity index is 448. The quantitative estimate of drug-likeness (QED) is 0.510. The fourth-order valence-corrected chi connectivity index (χ4v) is 3.61. The molecular formula is C15H22ClIN2O. The number of hydrogen-bond acceptors (Lipinski definition) is 3. The number of ether oxygens (including phenoxy) is 1. The van der Waals surface area contributed by atoms with Crippen molar-refractivity contribution in [3.63, 3.8) is 0 Å². The van der Waals surface area contributed by atoms with Crippen molar-refractivity contribution < 1.29 is 4.74 Å². The van der Waals surface area contributed by atoms with Gasteiger partial charge in [0.1, 0.15) is 11.0 Å². The molecule has 0 bridgehead atoms. The summed E-state index contributed by atoms with van der Waals surface area (Å²) in [6.07, 6.45) is 7.62. The largest absolute Gasteiger partial charge is 0.378 e. The highest BCUT2D eigenvalue weighted by Crippen LogP contribution is 2.37. The van der Waals surface area contributed by atoms with Crippen LogP contribution >= 0.6 is 34.2 Å². The summed E-state index contributed by atoms with van der Waals surface area (Å²) < 4.78 is 6.11. The first-order valence-electron chi connectivity index (χ1n) is 7.36. The molecule has 1 fully saturated rings. The molecule has 0 atom stereocenters. The molecule has 0 spiro atoms. The second-order valence-electron chi connectivity index (χ2n) is 5.57. The Morgan fingerprint density at radius 3 is 2.55 bits per heavy atom. The zero-order valence-corrected chi connectivity index (χ0v) is 15.1. The summed E-state index contributed by atoms with van der Waals surface area (Å²) in [6.45, 7) is 2.77. The van der Waals surface area contributed by atoms with E-state index in [2.05, 4.69) is 39.5 Å². The number of aromatic nitrogens is 2. The number of rotatable bonds is 5. The lowest BCUT2D eigenvalue weighted by Crippen LogP contribution is -2.16. The SMILES string of the molecule is CCCC1CCC(c2nc(Cl)c(I)c(COC)n2)CC1. The van der Waals surface area contributed by atoms with Gasteiger partial charge in [-0.05, 0) is 54.2 Å². The summed E-state index contributed by atoms with van der Waals surface area (Å²) in [6, 6.07) is 0. The van der Waals surface area contributed by atoms with E-state index in [1.54, 1.807) is 7.11 Å². The predicted molar refractivity (Wildman–Crippen MR) is 90.1 cm³/mol. The lowest BCUT2D eigenvalue weighted by molar-refractivity contribution is 0.180. The average molecular weight is 409 g/mol. The Morgan fingerprint density at radius 2 is 1.95 bits per heavy atom. The highest BCUT2D eigenvalue weighted by atomic mass is 127. The third-order valence-corrected chi connectivity index (χ3v) is 5.81. The van der Waals surface area contributed by atoms with Gasteiger partial charge in [-0.1, -0.05) is 31.4 Å². The van der Waals surface area contributed by atoms with Gasteiger partial charge in [-0.2, -0.15) is 0 Å². The normalized spacial score (nSPS) is 23.0. The van der Waals surface area contributed by atoms with Crippen LogP contribution in [0.25, 0.3) is 0 Å². The Morgan fingerprint density at radius 1 is 1.25 bits per heavy atom. The molecule has 1 aromatic rings. The van der Waals surface area contributed by atoms with Crippen LogP contribution in [0.2, 0.25) is 5.15 Å². The minimum atomic E-state index is 0.466. The molecule has 0 saturated heterocycles. The highest BCUT2D eigenvalue weighted by Gasteiger charge is 2.25. The third-order valence-electron chi connectivity index (χ3n) is 4.09. The van der Waals surface area contributed by atoms with Crippen molar-refractivity contribution in [2.24, 2.45) is 5.92 Å². The first kappa shape index (κ1) is 16.4. The Labute approximate surface area is 140 Å². The fourth-order valence-electron chi connectivity index (χ4n) is 3.01. The van der Waals surface area contributed by atoms with Gasteiger partial charge in [0.05, 0.1) is 15.9 Å². The van der Waals surface area contributed by atoms with Crippen molar-refractivity contribution in [1.29, 1.82) is 0 Å². The van der Waals surface area contributed by atoms with E-state index in [0.29, 0.717) is 17.7 Å². The molecule has 5 heteroatoms. The van der Waals surface area contributed by atoms with Gasteiger partial charge in [0.2, 0.25) is 0 Å². The molecule has 1 aromatic heterocycles. The van der Waals surface area contributed by atoms with Gasteiger partial charge >= 0.3 is 0 Å². The minimum Gasteiger partial charge on any atom is -0.378 e. The van der Waals surface area contributed by atoms with Crippen molar-refractivity contribution in [3.05, 3.63) is 20.2 Å². The van der Waals surface area contributed by atoms with Crippen molar-refractivity contribution in [2.75, 3.05) is 7.11 Å². The molecule has 1 aliphatic carbocycles. The smallest absolute Gasteiger partial charge is 0.146 e. The lowest BCUT2D eigenvalue weighted by Gasteiger charge is -2.27. The average Bonchev–Trinajstić information content (AvgIpc) is 2.45. The van der Waals surface area contributed by atoms with Crippen LogP contribution in [0.4, 0.5) is 0 Å². The molecule has 1 saturated carbocycles. The second kappa shape index (κ2) is 7.90. The molecule has 0 aliphatic heterocycles. The molecular weight excluding hydrogens is 387 g/mol. The Kier molecular flexibility index (Phi) is 6.49. The van der Waals surface area contributed by atoms with E-state index in [0.717, 1.165) is 21.0 Å². The summed E-state index contributed by atoms with van der Waals surface area (Å²) >= 11 is 8.43. The zero-order chi connectivity index (χ0) is 14.5.